The predicted octanol–water partition coefficient (Wildman–Crippen LogP) is 4.65. The van der Waals surface area contributed by atoms with Gasteiger partial charge in [-0.2, -0.15) is 0 Å². The van der Waals surface area contributed by atoms with Gasteiger partial charge in [-0.3, -0.25) is 14.2 Å². The van der Waals surface area contributed by atoms with Gasteiger partial charge in [0.15, 0.2) is 4.77 Å². The molecular formula is C26H25N3O3S. The van der Waals surface area contributed by atoms with Gasteiger partial charge in [-0.15, -0.1) is 0 Å². The number of hydrogen-bond acceptors (Lipinski definition) is 4. The lowest BCUT2D eigenvalue weighted by Gasteiger charge is -2.13. The number of fused-ring (bicyclic) bond motifs is 1. The van der Waals surface area contributed by atoms with E-state index in [4.69, 9.17) is 17.0 Å². The van der Waals surface area contributed by atoms with Crippen LogP contribution in [-0.2, 0) is 6.42 Å². The molecule has 0 fully saturated rings. The van der Waals surface area contributed by atoms with Crippen molar-refractivity contribution in [3.63, 3.8) is 0 Å². The number of benzene rings is 3. The van der Waals surface area contributed by atoms with Crippen molar-refractivity contribution in [2.24, 2.45) is 0 Å². The van der Waals surface area contributed by atoms with Crippen LogP contribution in [0.4, 0.5) is 0 Å². The Balaban J connectivity index is 1.56. The van der Waals surface area contributed by atoms with Crippen molar-refractivity contribution in [1.82, 2.24) is 14.9 Å². The lowest BCUT2D eigenvalue weighted by molar-refractivity contribution is 0.0954. The van der Waals surface area contributed by atoms with Crippen molar-refractivity contribution in [2.45, 2.75) is 20.3 Å². The summed E-state index contributed by atoms with van der Waals surface area (Å²) in [6, 6.07) is 18.5. The molecule has 3 aromatic carbocycles. The lowest BCUT2D eigenvalue weighted by atomic mass is 10.1. The van der Waals surface area contributed by atoms with Crippen LogP contribution in [-0.4, -0.2) is 29.1 Å². The zero-order chi connectivity index (χ0) is 23.5. The number of aryl methyl sites for hydroxylation is 1. The van der Waals surface area contributed by atoms with Crippen LogP contribution in [0.3, 0.4) is 0 Å². The zero-order valence-corrected chi connectivity index (χ0v) is 19.6. The molecule has 0 spiro atoms. The maximum absolute atomic E-state index is 13.2. The molecule has 7 heteroatoms. The van der Waals surface area contributed by atoms with E-state index < -0.39 is 0 Å². The largest absolute Gasteiger partial charge is 0.497 e. The molecular weight excluding hydrogens is 434 g/mol. The third kappa shape index (κ3) is 4.59. The first-order chi connectivity index (χ1) is 15.9. The molecule has 0 saturated carbocycles. The van der Waals surface area contributed by atoms with Gasteiger partial charge in [0.1, 0.15) is 5.75 Å². The van der Waals surface area contributed by atoms with E-state index in [1.54, 1.807) is 25.3 Å². The van der Waals surface area contributed by atoms with E-state index in [-0.39, 0.29) is 11.5 Å². The second-order valence-corrected chi connectivity index (χ2v) is 8.29. The minimum Gasteiger partial charge on any atom is -0.497 e. The molecule has 4 aromatic rings. The first-order valence-corrected chi connectivity index (χ1v) is 11.1. The van der Waals surface area contributed by atoms with Gasteiger partial charge in [0.25, 0.3) is 11.5 Å². The monoisotopic (exact) mass is 459 g/mol. The van der Waals surface area contributed by atoms with Crippen molar-refractivity contribution in [1.29, 1.82) is 0 Å². The molecule has 0 saturated heterocycles. The van der Waals surface area contributed by atoms with Gasteiger partial charge < -0.3 is 15.0 Å². The third-order valence-electron chi connectivity index (χ3n) is 5.84. The molecule has 6 nitrogen and oxygen atoms in total. The van der Waals surface area contributed by atoms with Crippen molar-refractivity contribution in [3.05, 3.63) is 98.0 Å². The van der Waals surface area contributed by atoms with Crippen LogP contribution < -0.4 is 15.6 Å². The van der Waals surface area contributed by atoms with Gasteiger partial charge in [-0.1, -0.05) is 24.3 Å². The molecule has 33 heavy (non-hydrogen) atoms. The molecule has 0 bridgehead atoms. The first kappa shape index (κ1) is 22.5. The minimum absolute atomic E-state index is 0.205. The Kier molecular flexibility index (Phi) is 6.42. The van der Waals surface area contributed by atoms with E-state index in [1.807, 2.05) is 56.3 Å². The van der Waals surface area contributed by atoms with Crippen molar-refractivity contribution in [3.8, 4) is 11.4 Å². The van der Waals surface area contributed by atoms with E-state index in [0.29, 0.717) is 34.2 Å². The number of nitrogens with one attached hydrogen (secondary N) is 2. The highest BCUT2D eigenvalue weighted by Crippen LogP contribution is 2.18. The summed E-state index contributed by atoms with van der Waals surface area (Å²) in [6.45, 7) is 4.46. The van der Waals surface area contributed by atoms with Gasteiger partial charge in [-0.25, -0.2) is 0 Å². The third-order valence-corrected chi connectivity index (χ3v) is 6.12. The summed E-state index contributed by atoms with van der Waals surface area (Å²) in [5.74, 6) is 0.594. The number of aromatic nitrogens is 2. The van der Waals surface area contributed by atoms with E-state index in [0.717, 1.165) is 28.1 Å². The zero-order valence-electron chi connectivity index (χ0n) is 18.8. The summed E-state index contributed by atoms with van der Waals surface area (Å²) in [5, 5.41) is 3.40. The molecule has 0 aliphatic rings. The fourth-order valence-corrected chi connectivity index (χ4v) is 4.06. The molecule has 0 radical (unpaired) electrons. The fraction of sp³-hybridized carbons (Fsp3) is 0.192. The molecule has 0 atom stereocenters. The van der Waals surface area contributed by atoms with Crippen LogP contribution in [0.25, 0.3) is 16.6 Å². The Labute approximate surface area is 196 Å². The second kappa shape index (κ2) is 9.42. The van der Waals surface area contributed by atoms with Gasteiger partial charge in [-0.05, 0) is 85.6 Å². The topological polar surface area (TPSA) is 76.1 Å². The lowest BCUT2D eigenvalue weighted by Crippen LogP contribution is -2.26. The van der Waals surface area contributed by atoms with Crippen molar-refractivity contribution in [2.75, 3.05) is 13.7 Å². The smallest absolute Gasteiger partial charge is 0.266 e. The predicted molar refractivity (Wildman–Crippen MR) is 133 cm³/mol. The number of methoxy groups -OCH3 is 1. The Morgan fingerprint density at radius 2 is 1.85 bits per heavy atom. The van der Waals surface area contributed by atoms with Crippen molar-refractivity contribution < 1.29 is 9.53 Å². The van der Waals surface area contributed by atoms with Gasteiger partial charge in [0, 0.05) is 12.1 Å². The molecule has 1 aromatic heterocycles. The number of amides is 1. The number of hydrogen-bond donors (Lipinski definition) is 2. The Bertz CT molecular complexity index is 1450. The normalized spacial score (nSPS) is 10.9. The summed E-state index contributed by atoms with van der Waals surface area (Å²) >= 11 is 5.50. The summed E-state index contributed by atoms with van der Waals surface area (Å²) < 4.78 is 6.96. The first-order valence-electron chi connectivity index (χ1n) is 10.7. The molecule has 1 amide bonds. The quantitative estimate of drug-likeness (QED) is 0.412. The Morgan fingerprint density at radius 1 is 1.09 bits per heavy atom. The average molecular weight is 460 g/mol. The van der Waals surface area contributed by atoms with E-state index in [9.17, 15) is 9.59 Å². The van der Waals surface area contributed by atoms with Crippen LogP contribution in [0.2, 0.25) is 0 Å². The van der Waals surface area contributed by atoms with Crippen LogP contribution in [0.5, 0.6) is 5.75 Å². The molecule has 0 aliphatic carbocycles. The highest BCUT2D eigenvalue weighted by molar-refractivity contribution is 7.71. The highest BCUT2D eigenvalue weighted by atomic mass is 32.1. The highest BCUT2D eigenvalue weighted by Gasteiger charge is 2.13. The Hall–Kier alpha value is -3.71. The Morgan fingerprint density at radius 3 is 2.58 bits per heavy atom. The number of rotatable bonds is 6. The van der Waals surface area contributed by atoms with Gasteiger partial charge >= 0.3 is 0 Å². The fourth-order valence-electron chi connectivity index (χ4n) is 3.77. The van der Waals surface area contributed by atoms with Crippen LogP contribution >= 0.6 is 12.2 Å². The molecule has 2 N–H and O–H groups in total. The summed E-state index contributed by atoms with van der Waals surface area (Å²) in [6.07, 6.45) is 0.701. The van der Waals surface area contributed by atoms with E-state index >= 15 is 0 Å². The molecule has 4 rings (SSSR count). The standard InChI is InChI=1S/C26H25N3O3S/c1-16-5-4-6-23(17(16)2)29-25(31)21-12-9-19(15-22(21)28-26(29)33)24(30)27-14-13-18-7-10-20(32-3)11-8-18/h4-12,15H,13-14H2,1-3H3,(H,27,30)(H,28,33). The maximum atomic E-state index is 13.2. The van der Waals surface area contributed by atoms with Crippen molar-refractivity contribution >= 4 is 29.0 Å². The number of ether oxygens (including phenoxy) is 1. The summed E-state index contributed by atoms with van der Waals surface area (Å²) in [4.78, 5) is 29.0. The average Bonchev–Trinajstić information content (AvgIpc) is 2.81. The second-order valence-electron chi connectivity index (χ2n) is 7.90. The SMILES string of the molecule is COc1ccc(CCNC(=O)c2ccc3c(=O)n(-c4cccc(C)c4C)c(=S)[nH]c3c2)cc1. The molecule has 0 unspecified atom stereocenters. The summed E-state index contributed by atoms with van der Waals surface area (Å²) in [7, 11) is 1.63. The van der Waals surface area contributed by atoms with Gasteiger partial charge in [0.05, 0.1) is 23.7 Å². The minimum atomic E-state index is -0.214. The molecule has 0 aliphatic heterocycles. The number of carbonyl (C=O) groups excluding carboxylic acids is 1. The van der Waals surface area contributed by atoms with Gasteiger partial charge in [0.2, 0.25) is 0 Å². The van der Waals surface area contributed by atoms with Crippen LogP contribution in [0.15, 0.2) is 65.5 Å². The maximum Gasteiger partial charge on any atom is 0.266 e. The number of carbonyl (C=O) groups is 1. The van der Waals surface area contributed by atoms with Crippen LogP contribution in [0.1, 0.15) is 27.0 Å². The molecule has 1 heterocycles. The van der Waals surface area contributed by atoms with E-state index in [2.05, 4.69) is 10.3 Å². The summed E-state index contributed by atoms with van der Waals surface area (Å²) in [5.41, 5.74) is 4.71. The van der Waals surface area contributed by atoms with Crippen LogP contribution in [0, 0.1) is 18.6 Å². The van der Waals surface area contributed by atoms with E-state index in [1.165, 1.54) is 4.57 Å². The molecule has 168 valence electrons. The number of H-pyrrole nitrogens is 1. The number of aromatic amines is 1. The number of nitrogens with zero attached hydrogens (tertiary/aromatic N) is 1.